The van der Waals surface area contributed by atoms with Crippen LogP contribution in [0.25, 0.3) is 0 Å². The van der Waals surface area contributed by atoms with Crippen molar-refractivity contribution >= 4 is 17.2 Å². The first kappa shape index (κ1) is 17.8. The molecular weight excluding hydrogens is 364 g/mol. The monoisotopic (exact) mass is 386 g/mol. The largest absolute Gasteiger partial charge is 0.499 e. The maximum atomic E-state index is 12.4. The van der Waals surface area contributed by atoms with Gasteiger partial charge in [-0.3, -0.25) is 4.79 Å². The summed E-state index contributed by atoms with van der Waals surface area (Å²) in [6.07, 6.45) is 8.16. The first-order valence-corrected chi connectivity index (χ1v) is 9.72. The topological polar surface area (TPSA) is 84.5 Å². The first-order chi connectivity index (χ1) is 13.2. The molecule has 8 heteroatoms. The molecule has 1 aliphatic carbocycles. The van der Waals surface area contributed by atoms with Crippen molar-refractivity contribution in [1.82, 2.24) is 20.9 Å². The molecule has 3 aliphatic rings. The van der Waals surface area contributed by atoms with Gasteiger partial charge >= 0.3 is 0 Å². The van der Waals surface area contributed by atoms with Crippen molar-refractivity contribution in [3.8, 4) is 0 Å². The van der Waals surface area contributed by atoms with Gasteiger partial charge in [0.15, 0.2) is 0 Å². The summed E-state index contributed by atoms with van der Waals surface area (Å²) in [5.41, 5.74) is 4.49. The number of hydrogen-bond donors (Lipinski definition) is 3. The molecule has 0 saturated heterocycles. The number of carbonyl (C=O) groups excluding carboxylic acids is 1. The molecular formula is C19H22N4O3S. The summed E-state index contributed by atoms with van der Waals surface area (Å²) in [5.74, 6) is 1.28. The van der Waals surface area contributed by atoms with Crippen LogP contribution in [0.1, 0.15) is 33.9 Å². The Balaban J connectivity index is 1.60. The zero-order valence-corrected chi connectivity index (χ0v) is 16.2. The van der Waals surface area contributed by atoms with Gasteiger partial charge in [-0.25, -0.2) is 4.98 Å². The SMILES string of the molecule is COC1=C2NC(NC(=O)c3cnc(C)s3)=CNC2=C(C2=CCOCC2)CC1. The number of ether oxygens (including phenoxy) is 2. The number of amides is 1. The van der Waals surface area contributed by atoms with Crippen LogP contribution in [0.3, 0.4) is 0 Å². The lowest BCUT2D eigenvalue weighted by molar-refractivity contribution is 0.0967. The number of thiazole rings is 1. The lowest BCUT2D eigenvalue weighted by atomic mass is 9.89. The molecule has 0 spiro atoms. The number of allylic oxidation sites excluding steroid dienone is 2. The highest BCUT2D eigenvalue weighted by Crippen LogP contribution is 2.35. The molecule has 4 rings (SSSR count). The Bertz CT molecular complexity index is 895. The Hall–Kier alpha value is -2.58. The lowest BCUT2D eigenvalue weighted by Gasteiger charge is -2.32. The van der Waals surface area contributed by atoms with Crippen LogP contribution in [0.4, 0.5) is 0 Å². The quantitative estimate of drug-likeness (QED) is 0.737. The molecule has 0 fully saturated rings. The molecule has 0 bridgehead atoms. The van der Waals surface area contributed by atoms with Gasteiger partial charge in [-0.1, -0.05) is 6.08 Å². The van der Waals surface area contributed by atoms with E-state index in [0.29, 0.717) is 17.3 Å². The molecule has 1 amide bonds. The van der Waals surface area contributed by atoms with Crippen molar-refractivity contribution in [3.05, 3.63) is 62.5 Å². The molecule has 0 radical (unpaired) electrons. The molecule has 0 saturated carbocycles. The van der Waals surface area contributed by atoms with E-state index in [9.17, 15) is 4.79 Å². The van der Waals surface area contributed by atoms with E-state index >= 15 is 0 Å². The summed E-state index contributed by atoms with van der Waals surface area (Å²) in [7, 11) is 1.68. The molecule has 27 heavy (non-hydrogen) atoms. The average Bonchev–Trinajstić information content (AvgIpc) is 3.14. The highest BCUT2D eigenvalue weighted by atomic mass is 32.1. The first-order valence-electron chi connectivity index (χ1n) is 8.91. The number of nitrogens with one attached hydrogen (secondary N) is 3. The van der Waals surface area contributed by atoms with E-state index in [1.807, 2.05) is 6.92 Å². The van der Waals surface area contributed by atoms with Crippen molar-refractivity contribution in [1.29, 1.82) is 0 Å². The van der Waals surface area contributed by atoms with Crippen LogP contribution in [0, 0.1) is 6.92 Å². The van der Waals surface area contributed by atoms with E-state index < -0.39 is 0 Å². The molecule has 0 unspecified atom stereocenters. The fraction of sp³-hybridized carbons (Fsp3) is 0.368. The smallest absolute Gasteiger partial charge is 0.268 e. The molecule has 1 aromatic heterocycles. The minimum absolute atomic E-state index is 0.184. The number of aromatic nitrogens is 1. The number of carbonyl (C=O) groups is 1. The number of methoxy groups -OCH3 is 1. The van der Waals surface area contributed by atoms with E-state index in [2.05, 4.69) is 27.0 Å². The summed E-state index contributed by atoms with van der Waals surface area (Å²) >= 11 is 1.37. The van der Waals surface area contributed by atoms with Crippen LogP contribution in [0.5, 0.6) is 0 Å². The molecule has 3 N–H and O–H groups in total. The van der Waals surface area contributed by atoms with Gasteiger partial charge < -0.3 is 25.4 Å². The third-order valence-electron chi connectivity index (χ3n) is 4.74. The average molecular weight is 386 g/mol. The van der Waals surface area contributed by atoms with Gasteiger partial charge in [0.1, 0.15) is 22.2 Å². The van der Waals surface area contributed by atoms with Gasteiger partial charge in [-0.15, -0.1) is 11.3 Å². The summed E-state index contributed by atoms with van der Waals surface area (Å²) in [6, 6.07) is 0. The van der Waals surface area contributed by atoms with Crippen molar-refractivity contribution in [2.75, 3.05) is 20.3 Å². The van der Waals surface area contributed by atoms with E-state index in [1.165, 1.54) is 22.5 Å². The van der Waals surface area contributed by atoms with Gasteiger partial charge in [0.25, 0.3) is 5.91 Å². The molecule has 1 aromatic rings. The minimum atomic E-state index is -0.184. The standard InChI is InChI=1S/C19H22N4O3S/c1-11-20-9-15(27-11)19(24)23-16-10-21-17-13(12-5-7-26-8-6-12)3-4-14(25-2)18(17)22-16/h5,9-10,21-22H,3-4,6-8H2,1-2H3,(H,23,24). The third kappa shape index (κ3) is 3.63. The molecule has 142 valence electrons. The zero-order valence-electron chi connectivity index (χ0n) is 15.3. The van der Waals surface area contributed by atoms with Crippen molar-refractivity contribution < 1.29 is 14.3 Å². The number of fused-ring (bicyclic) bond motifs is 1. The number of aryl methyl sites for hydroxylation is 1. The van der Waals surface area contributed by atoms with Crippen molar-refractivity contribution in [2.45, 2.75) is 26.2 Å². The Morgan fingerprint density at radius 1 is 1.33 bits per heavy atom. The summed E-state index contributed by atoms with van der Waals surface area (Å²) < 4.78 is 11.0. The number of hydrogen-bond acceptors (Lipinski definition) is 7. The van der Waals surface area contributed by atoms with Gasteiger partial charge in [-0.05, 0) is 30.9 Å². The molecule has 0 aromatic carbocycles. The highest BCUT2D eigenvalue weighted by Gasteiger charge is 2.28. The number of rotatable bonds is 4. The number of nitrogens with zero attached hydrogens (tertiary/aromatic N) is 1. The fourth-order valence-electron chi connectivity index (χ4n) is 3.43. The second-order valence-electron chi connectivity index (χ2n) is 6.44. The molecule has 3 heterocycles. The van der Waals surface area contributed by atoms with Crippen LogP contribution in [0.15, 0.2) is 52.6 Å². The third-order valence-corrected chi connectivity index (χ3v) is 5.66. The Morgan fingerprint density at radius 2 is 2.22 bits per heavy atom. The van der Waals surface area contributed by atoms with Crippen LogP contribution in [0.2, 0.25) is 0 Å². The van der Waals surface area contributed by atoms with E-state index in [0.717, 1.165) is 48.0 Å². The van der Waals surface area contributed by atoms with Crippen LogP contribution in [-0.2, 0) is 9.47 Å². The molecule has 2 aliphatic heterocycles. The summed E-state index contributed by atoms with van der Waals surface area (Å²) in [4.78, 5) is 17.1. The van der Waals surface area contributed by atoms with Gasteiger partial charge in [0.05, 0.1) is 37.2 Å². The predicted molar refractivity (Wildman–Crippen MR) is 102 cm³/mol. The van der Waals surface area contributed by atoms with E-state index in [-0.39, 0.29) is 5.91 Å². The normalized spacial score (nSPS) is 19.5. The second-order valence-corrected chi connectivity index (χ2v) is 7.67. The molecule has 0 atom stereocenters. The van der Waals surface area contributed by atoms with Gasteiger partial charge in [-0.2, -0.15) is 0 Å². The predicted octanol–water partition coefficient (Wildman–Crippen LogP) is 2.43. The van der Waals surface area contributed by atoms with Crippen LogP contribution < -0.4 is 16.0 Å². The van der Waals surface area contributed by atoms with Gasteiger partial charge in [0.2, 0.25) is 0 Å². The molecule has 7 nitrogen and oxygen atoms in total. The second kappa shape index (κ2) is 7.58. The van der Waals surface area contributed by atoms with Crippen LogP contribution in [-0.4, -0.2) is 31.2 Å². The summed E-state index contributed by atoms with van der Waals surface area (Å²) in [5, 5.41) is 10.4. The van der Waals surface area contributed by atoms with Gasteiger partial charge in [0, 0.05) is 12.6 Å². The van der Waals surface area contributed by atoms with E-state index in [1.54, 1.807) is 19.5 Å². The fourth-order valence-corrected chi connectivity index (χ4v) is 4.10. The summed E-state index contributed by atoms with van der Waals surface area (Å²) in [6.45, 7) is 3.28. The maximum absolute atomic E-state index is 12.4. The van der Waals surface area contributed by atoms with Crippen molar-refractivity contribution in [3.63, 3.8) is 0 Å². The Morgan fingerprint density at radius 3 is 2.93 bits per heavy atom. The lowest BCUT2D eigenvalue weighted by Crippen LogP contribution is -2.39. The zero-order chi connectivity index (χ0) is 18.8. The minimum Gasteiger partial charge on any atom is -0.499 e. The van der Waals surface area contributed by atoms with Crippen molar-refractivity contribution in [2.24, 2.45) is 0 Å². The maximum Gasteiger partial charge on any atom is 0.268 e. The van der Waals surface area contributed by atoms with E-state index in [4.69, 9.17) is 9.47 Å². The van der Waals surface area contributed by atoms with Crippen LogP contribution >= 0.6 is 11.3 Å². The Kier molecular flexibility index (Phi) is 5.00. The highest BCUT2D eigenvalue weighted by molar-refractivity contribution is 7.13. The Labute approximate surface area is 161 Å².